The highest BCUT2D eigenvalue weighted by Crippen LogP contribution is 2.18. The van der Waals surface area contributed by atoms with Crippen molar-refractivity contribution >= 4 is 11.8 Å². The van der Waals surface area contributed by atoms with Crippen LogP contribution < -0.4 is 10.6 Å². The summed E-state index contributed by atoms with van der Waals surface area (Å²) in [6.07, 6.45) is 20.6. The fourth-order valence-electron chi connectivity index (χ4n) is 4.38. The first-order chi connectivity index (χ1) is 12.7. The number of carbonyl (C=O) groups is 2. The van der Waals surface area contributed by atoms with Crippen molar-refractivity contribution in [2.45, 2.75) is 128 Å². The molecule has 0 aromatic carbocycles. The normalized spacial score (nSPS) is 22.0. The third kappa shape index (κ3) is 9.59. The van der Waals surface area contributed by atoms with E-state index in [0.717, 1.165) is 25.7 Å². The van der Waals surface area contributed by atoms with E-state index in [1.54, 1.807) is 0 Å². The van der Waals surface area contributed by atoms with Gasteiger partial charge in [-0.1, -0.05) is 77.0 Å². The molecule has 2 aliphatic rings. The predicted octanol–water partition coefficient (Wildman–Crippen LogP) is 5.01. The molecule has 0 spiro atoms. The Morgan fingerprint density at radius 3 is 1.12 bits per heavy atom. The van der Waals surface area contributed by atoms with E-state index < -0.39 is 0 Å². The van der Waals surface area contributed by atoms with Gasteiger partial charge in [0.25, 0.3) is 0 Å². The van der Waals surface area contributed by atoms with E-state index in [0.29, 0.717) is 24.9 Å². The van der Waals surface area contributed by atoms with Crippen molar-refractivity contribution < 1.29 is 9.59 Å². The van der Waals surface area contributed by atoms with E-state index in [2.05, 4.69) is 10.6 Å². The Balaban J connectivity index is 1.64. The highest BCUT2D eigenvalue weighted by Gasteiger charge is 2.17. The molecule has 0 bridgehead atoms. The van der Waals surface area contributed by atoms with Gasteiger partial charge >= 0.3 is 0 Å². The number of hydrogen-bond acceptors (Lipinski definition) is 2. The van der Waals surface area contributed by atoms with Gasteiger partial charge in [-0.3, -0.25) is 9.59 Å². The summed E-state index contributed by atoms with van der Waals surface area (Å²) >= 11 is 0. The van der Waals surface area contributed by atoms with Crippen molar-refractivity contribution in [1.82, 2.24) is 10.6 Å². The van der Waals surface area contributed by atoms with Gasteiger partial charge in [0.2, 0.25) is 11.8 Å². The number of nitrogens with one attached hydrogen (secondary N) is 2. The van der Waals surface area contributed by atoms with Crippen LogP contribution in [0.4, 0.5) is 0 Å². The van der Waals surface area contributed by atoms with Gasteiger partial charge in [-0.2, -0.15) is 0 Å². The van der Waals surface area contributed by atoms with Crippen LogP contribution in [0.25, 0.3) is 0 Å². The van der Waals surface area contributed by atoms with Crippen LogP contribution >= 0.6 is 0 Å². The Morgan fingerprint density at radius 2 is 0.769 bits per heavy atom. The molecule has 0 heterocycles. The van der Waals surface area contributed by atoms with Crippen LogP contribution in [0.2, 0.25) is 0 Å². The summed E-state index contributed by atoms with van der Waals surface area (Å²) < 4.78 is 0. The molecule has 0 unspecified atom stereocenters. The van der Waals surface area contributed by atoms with E-state index in [1.807, 2.05) is 0 Å². The fraction of sp³-hybridized carbons (Fsp3) is 0.909. The number of rotatable bonds is 5. The lowest BCUT2D eigenvalue weighted by Gasteiger charge is -2.23. The van der Waals surface area contributed by atoms with Crippen LogP contribution in [0, 0.1) is 0 Å². The lowest BCUT2D eigenvalue weighted by atomic mass is 9.95. The molecule has 4 heteroatoms. The highest BCUT2D eigenvalue weighted by atomic mass is 16.2. The minimum absolute atomic E-state index is 0.0470. The third-order valence-corrected chi connectivity index (χ3v) is 6.02. The number of hydrogen-bond donors (Lipinski definition) is 2. The molecule has 2 amide bonds. The van der Waals surface area contributed by atoms with E-state index in [4.69, 9.17) is 0 Å². The van der Waals surface area contributed by atoms with Gasteiger partial charge in [-0.15, -0.1) is 0 Å². The predicted molar refractivity (Wildman–Crippen MR) is 107 cm³/mol. The summed E-state index contributed by atoms with van der Waals surface area (Å²) in [5.74, 6) is 0.103. The van der Waals surface area contributed by atoms with Gasteiger partial charge in [-0.05, 0) is 25.7 Å². The summed E-state index contributed by atoms with van der Waals surface area (Å²) in [5, 5.41) is 6.32. The summed E-state index contributed by atoms with van der Waals surface area (Å²) in [5.41, 5.74) is 0. The van der Waals surface area contributed by atoms with Crippen molar-refractivity contribution in [3.8, 4) is 0 Å². The third-order valence-electron chi connectivity index (χ3n) is 6.02. The number of carbonyl (C=O) groups excluding carboxylic acids is 2. The molecule has 2 N–H and O–H groups in total. The first-order valence-electron chi connectivity index (χ1n) is 11.3. The lowest BCUT2D eigenvalue weighted by Crippen LogP contribution is -2.38. The molecule has 2 saturated carbocycles. The second-order valence-electron chi connectivity index (χ2n) is 8.43. The summed E-state index contributed by atoms with van der Waals surface area (Å²) in [7, 11) is 0. The SMILES string of the molecule is O=C(CCC(=O)NC1CCCCC1)NC1CCCCCCCCCCC1. The molecular formula is C22H40N2O2. The zero-order chi connectivity index (χ0) is 18.5. The molecule has 2 rings (SSSR count). The Kier molecular flexibility index (Phi) is 10.8. The minimum atomic E-state index is 0.0470. The van der Waals surface area contributed by atoms with Gasteiger partial charge in [-0.25, -0.2) is 0 Å². The molecule has 2 fully saturated rings. The quantitative estimate of drug-likeness (QED) is 0.721. The Morgan fingerprint density at radius 1 is 0.500 bits per heavy atom. The maximum Gasteiger partial charge on any atom is 0.220 e. The minimum Gasteiger partial charge on any atom is -0.353 e. The molecule has 0 aromatic rings. The van der Waals surface area contributed by atoms with Crippen molar-refractivity contribution in [3.63, 3.8) is 0 Å². The maximum absolute atomic E-state index is 12.3. The first-order valence-corrected chi connectivity index (χ1v) is 11.3. The van der Waals surface area contributed by atoms with Gasteiger partial charge in [0.1, 0.15) is 0 Å². The zero-order valence-electron chi connectivity index (χ0n) is 16.7. The molecule has 0 aromatic heterocycles. The van der Waals surface area contributed by atoms with E-state index in [1.165, 1.54) is 77.0 Å². The molecule has 150 valence electrons. The molecule has 4 nitrogen and oxygen atoms in total. The zero-order valence-corrected chi connectivity index (χ0v) is 16.7. The van der Waals surface area contributed by atoms with E-state index in [9.17, 15) is 9.59 Å². The van der Waals surface area contributed by atoms with Crippen molar-refractivity contribution in [2.24, 2.45) is 0 Å². The second-order valence-corrected chi connectivity index (χ2v) is 8.43. The average molecular weight is 365 g/mol. The molecular weight excluding hydrogens is 324 g/mol. The van der Waals surface area contributed by atoms with Gasteiger partial charge in [0.15, 0.2) is 0 Å². The summed E-state index contributed by atoms with van der Waals surface area (Å²) in [6, 6.07) is 0.647. The van der Waals surface area contributed by atoms with Crippen LogP contribution in [0.3, 0.4) is 0 Å². The van der Waals surface area contributed by atoms with Crippen LogP contribution in [-0.4, -0.2) is 23.9 Å². The van der Waals surface area contributed by atoms with Crippen molar-refractivity contribution in [3.05, 3.63) is 0 Å². The maximum atomic E-state index is 12.3. The van der Waals surface area contributed by atoms with E-state index in [-0.39, 0.29) is 11.8 Å². The summed E-state index contributed by atoms with van der Waals surface area (Å²) in [6.45, 7) is 0. The van der Waals surface area contributed by atoms with Crippen LogP contribution in [0.15, 0.2) is 0 Å². The highest BCUT2D eigenvalue weighted by molar-refractivity contribution is 5.83. The lowest BCUT2D eigenvalue weighted by molar-refractivity contribution is -0.127. The van der Waals surface area contributed by atoms with Gasteiger partial charge < -0.3 is 10.6 Å². The van der Waals surface area contributed by atoms with Gasteiger partial charge in [0.05, 0.1) is 0 Å². The van der Waals surface area contributed by atoms with Crippen molar-refractivity contribution in [2.75, 3.05) is 0 Å². The standard InChI is InChI=1S/C22H40N2O2/c25-21(17-18-22(26)24-20-15-11-8-12-16-20)23-19-13-9-6-4-2-1-3-5-7-10-14-19/h19-20H,1-18H2,(H,23,25)(H,24,26). The monoisotopic (exact) mass is 364 g/mol. The van der Waals surface area contributed by atoms with Crippen molar-refractivity contribution in [1.29, 1.82) is 0 Å². The van der Waals surface area contributed by atoms with Crippen LogP contribution in [0.1, 0.15) is 116 Å². The molecule has 2 aliphatic carbocycles. The van der Waals surface area contributed by atoms with Crippen LogP contribution in [-0.2, 0) is 9.59 Å². The molecule has 26 heavy (non-hydrogen) atoms. The molecule has 0 atom stereocenters. The fourth-order valence-corrected chi connectivity index (χ4v) is 4.38. The Hall–Kier alpha value is -1.06. The summed E-state index contributed by atoms with van der Waals surface area (Å²) in [4.78, 5) is 24.4. The molecule has 0 radical (unpaired) electrons. The Bertz CT molecular complexity index is 393. The molecule has 0 saturated heterocycles. The van der Waals surface area contributed by atoms with Crippen LogP contribution in [0.5, 0.6) is 0 Å². The smallest absolute Gasteiger partial charge is 0.220 e. The largest absolute Gasteiger partial charge is 0.353 e. The second kappa shape index (κ2) is 13.2. The van der Waals surface area contributed by atoms with Gasteiger partial charge in [0, 0.05) is 24.9 Å². The molecule has 0 aliphatic heterocycles. The van der Waals surface area contributed by atoms with E-state index >= 15 is 0 Å². The first kappa shape index (κ1) is 21.2. The average Bonchev–Trinajstić information content (AvgIpc) is 2.63. The Labute approximate surface area is 160 Å². The topological polar surface area (TPSA) is 58.2 Å². The number of amides is 2.